The molecule has 2 rings (SSSR count). The SMILES string of the molecule is CC1CC(C)CC(C(O)c2ncc(Cl)s2)C1. The molecule has 3 unspecified atom stereocenters. The molecule has 1 aromatic rings. The van der Waals surface area contributed by atoms with Crippen LogP contribution >= 0.6 is 22.9 Å². The van der Waals surface area contributed by atoms with Gasteiger partial charge in [-0.05, 0) is 37.0 Å². The topological polar surface area (TPSA) is 33.1 Å². The molecule has 0 aliphatic heterocycles. The van der Waals surface area contributed by atoms with Gasteiger partial charge in [-0.25, -0.2) is 4.98 Å². The highest BCUT2D eigenvalue weighted by Gasteiger charge is 2.31. The second-order valence-electron chi connectivity index (χ2n) is 5.12. The fourth-order valence-electron chi connectivity index (χ4n) is 2.87. The third-order valence-corrected chi connectivity index (χ3v) is 4.60. The molecular weight excluding hydrogens is 242 g/mol. The summed E-state index contributed by atoms with van der Waals surface area (Å²) in [5.74, 6) is 1.76. The van der Waals surface area contributed by atoms with Gasteiger partial charge in [-0.15, -0.1) is 11.3 Å². The van der Waals surface area contributed by atoms with Gasteiger partial charge < -0.3 is 5.11 Å². The van der Waals surface area contributed by atoms with E-state index in [0.29, 0.717) is 22.1 Å². The van der Waals surface area contributed by atoms with Gasteiger partial charge >= 0.3 is 0 Å². The molecule has 4 heteroatoms. The minimum Gasteiger partial charge on any atom is -0.386 e. The highest BCUT2D eigenvalue weighted by Crippen LogP contribution is 2.40. The van der Waals surface area contributed by atoms with Crippen LogP contribution in [0.5, 0.6) is 0 Å². The van der Waals surface area contributed by atoms with Gasteiger partial charge in [0.2, 0.25) is 0 Å². The monoisotopic (exact) mass is 259 g/mol. The van der Waals surface area contributed by atoms with Crippen molar-refractivity contribution in [2.75, 3.05) is 0 Å². The van der Waals surface area contributed by atoms with Crippen molar-refractivity contribution in [3.63, 3.8) is 0 Å². The molecule has 1 N–H and O–H groups in total. The minimum atomic E-state index is -0.428. The van der Waals surface area contributed by atoms with Crippen LogP contribution in [0.15, 0.2) is 6.20 Å². The number of thiazole rings is 1. The number of halogens is 1. The zero-order valence-electron chi connectivity index (χ0n) is 9.69. The molecule has 1 aliphatic carbocycles. The van der Waals surface area contributed by atoms with Crippen LogP contribution in [-0.2, 0) is 0 Å². The van der Waals surface area contributed by atoms with Crippen molar-refractivity contribution in [3.8, 4) is 0 Å². The Labute approximate surface area is 106 Å². The van der Waals surface area contributed by atoms with Crippen molar-refractivity contribution < 1.29 is 5.11 Å². The molecule has 1 fully saturated rings. The van der Waals surface area contributed by atoms with Crippen LogP contribution in [0.25, 0.3) is 0 Å². The number of aromatic nitrogens is 1. The lowest BCUT2D eigenvalue weighted by Crippen LogP contribution is -2.24. The van der Waals surface area contributed by atoms with E-state index in [1.807, 2.05) is 0 Å². The fraction of sp³-hybridized carbons (Fsp3) is 0.750. The molecule has 16 heavy (non-hydrogen) atoms. The number of aliphatic hydroxyl groups excluding tert-OH is 1. The van der Waals surface area contributed by atoms with Crippen molar-refractivity contribution in [2.45, 2.75) is 39.2 Å². The lowest BCUT2D eigenvalue weighted by atomic mass is 9.74. The Hall–Kier alpha value is -0.120. The quantitative estimate of drug-likeness (QED) is 0.874. The normalized spacial score (nSPS) is 32.6. The van der Waals surface area contributed by atoms with Crippen LogP contribution in [0, 0.1) is 17.8 Å². The maximum atomic E-state index is 10.3. The molecular formula is C12H18ClNOS. The zero-order valence-corrected chi connectivity index (χ0v) is 11.3. The highest BCUT2D eigenvalue weighted by molar-refractivity contribution is 7.15. The van der Waals surface area contributed by atoms with Crippen LogP contribution in [0.3, 0.4) is 0 Å². The van der Waals surface area contributed by atoms with Gasteiger partial charge in [0.15, 0.2) is 0 Å². The fourth-order valence-corrected chi connectivity index (χ4v) is 3.88. The predicted octanol–water partition coefficient (Wildman–Crippen LogP) is 3.90. The largest absolute Gasteiger partial charge is 0.386 e. The first-order chi connectivity index (χ1) is 7.56. The van der Waals surface area contributed by atoms with E-state index >= 15 is 0 Å². The number of rotatable bonds is 2. The summed E-state index contributed by atoms with van der Waals surface area (Å²) in [4.78, 5) is 4.18. The molecule has 0 aromatic carbocycles. The molecule has 1 aromatic heterocycles. The van der Waals surface area contributed by atoms with Gasteiger partial charge in [0.1, 0.15) is 15.4 Å². The van der Waals surface area contributed by atoms with Gasteiger partial charge in [-0.3, -0.25) is 0 Å². The van der Waals surface area contributed by atoms with Crippen LogP contribution < -0.4 is 0 Å². The summed E-state index contributed by atoms with van der Waals surface area (Å²) in [7, 11) is 0. The summed E-state index contributed by atoms with van der Waals surface area (Å²) < 4.78 is 0.658. The van der Waals surface area contributed by atoms with E-state index in [1.54, 1.807) is 6.20 Å². The molecule has 0 spiro atoms. The summed E-state index contributed by atoms with van der Waals surface area (Å²) in [6.45, 7) is 4.54. The molecule has 1 heterocycles. The average Bonchev–Trinajstić information content (AvgIpc) is 2.62. The van der Waals surface area contributed by atoms with E-state index in [2.05, 4.69) is 18.8 Å². The standard InChI is InChI=1S/C12H18ClNOS/c1-7-3-8(2)5-9(4-7)11(15)12-14-6-10(13)16-12/h6-9,11,15H,3-5H2,1-2H3. The van der Waals surface area contributed by atoms with Gasteiger partial charge in [-0.2, -0.15) is 0 Å². The van der Waals surface area contributed by atoms with Crippen molar-refractivity contribution >= 4 is 22.9 Å². The van der Waals surface area contributed by atoms with E-state index < -0.39 is 6.10 Å². The number of aliphatic hydroxyl groups is 1. The number of nitrogens with zero attached hydrogens (tertiary/aromatic N) is 1. The van der Waals surface area contributed by atoms with E-state index in [0.717, 1.165) is 17.8 Å². The van der Waals surface area contributed by atoms with E-state index in [4.69, 9.17) is 11.6 Å². The Bertz CT molecular complexity index is 345. The van der Waals surface area contributed by atoms with Crippen LogP contribution in [0.1, 0.15) is 44.2 Å². The Balaban J connectivity index is 2.06. The summed E-state index contributed by atoms with van der Waals surface area (Å²) in [5.41, 5.74) is 0. The smallest absolute Gasteiger partial charge is 0.123 e. The zero-order chi connectivity index (χ0) is 11.7. The van der Waals surface area contributed by atoms with Crippen LogP contribution in [-0.4, -0.2) is 10.1 Å². The maximum Gasteiger partial charge on any atom is 0.123 e. The predicted molar refractivity (Wildman–Crippen MR) is 67.8 cm³/mol. The first-order valence-electron chi connectivity index (χ1n) is 5.85. The molecule has 90 valence electrons. The molecule has 0 bridgehead atoms. The Morgan fingerprint density at radius 1 is 1.38 bits per heavy atom. The molecule has 0 amide bonds. The number of hydrogen-bond acceptors (Lipinski definition) is 3. The van der Waals surface area contributed by atoms with E-state index in [-0.39, 0.29) is 0 Å². The summed E-state index contributed by atoms with van der Waals surface area (Å²) in [6.07, 6.45) is 4.68. The van der Waals surface area contributed by atoms with Crippen molar-refractivity contribution in [1.82, 2.24) is 4.98 Å². The summed E-state index contributed by atoms with van der Waals surface area (Å²) >= 11 is 7.24. The van der Waals surface area contributed by atoms with Gasteiger partial charge in [0, 0.05) is 0 Å². The minimum absolute atomic E-state index is 0.348. The van der Waals surface area contributed by atoms with Gasteiger partial charge in [0.05, 0.1) is 6.20 Å². The molecule has 0 saturated heterocycles. The third kappa shape index (κ3) is 2.76. The molecule has 1 aliphatic rings. The molecule has 3 atom stereocenters. The Morgan fingerprint density at radius 3 is 2.50 bits per heavy atom. The Kier molecular flexibility index (Phi) is 3.88. The maximum absolute atomic E-state index is 10.3. The molecule has 1 saturated carbocycles. The molecule has 0 radical (unpaired) electrons. The second-order valence-corrected chi connectivity index (χ2v) is 6.82. The van der Waals surface area contributed by atoms with E-state index in [1.165, 1.54) is 17.8 Å². The van der Waals surface area contributed by atoms with Crippen LogP contribution in [0.4, 0.5) is 0 Å². The Morgan fingerprint density at radius 2 is 2.00 bits per heavy atom. The number of hydrogen-bond donors (Lipinski definition) is 1. The van der Waals surface area contributed by atoms with Gasteiger partial charge in [0.25, 0.3) is 0 Å². The van der Waals surface area contributed by atoms with Crippen molar-refractivity contribution in [3.05, 3.63) is 15.5 Å². The summed E-state index contributed by atoms with van der Waals surface area (Å²) in [5, 5.41) is 11.1. The first kappa shape index (κ1) is 12.3. The van der Waals surface area contributed by atoms with Crippen molar-refractivity contribution in [2.24, 2.45) is 17.8 Å². The van der Waals surface area contributed by atoms with Crippen LogP contribution in [0.2, 0.25) is 4.34 Å². The first-order valence-corrected chi connectivity index (χ1v) is 7.05. The van der Waals surface area contributed by atoms with E-state index in [9.17, 15) is 5.11 Å². The van der Waals surface area contributed by atoms with Gasteiger partial charge in [-0.1, -0.05) is 25.4 Å². The average molecular weight is 260 g/mol. The third-order valence-electron chi connectivity index (χ3n) is 3.41. The van der Waals surface area contributed by atoms with Crippen molar-refractivity contribution in [1.29, 1.82) is 0 Å². The lowest BCUT2D eigenvalue weighted by molar-refractivity contribution is 0.0550. The highest BCUT2D eigenvalue weighted by atomic mass is 35.5. The second kappa shape index (κ2) is 5.03. The molecule has 2 nitrogen and oxygen atoms in total. The summed E-state index contributed by atoms with van der Waals surface area (Å²) in [6, 6.07) is 0. The lowest BCUT2D eigenvalue weighted by Gasteiger charge is -2.33.